The van der Waals surface area contributed by atoms with E-state index in [1.807, 2.05) is 61.6 Å². The van der Waals surface area contributed by atoms with E-state index in [0.29, 0.717) is 44.6 Å². The molecule has 6 atom stereocenters. The molecule has 336 valence electrons. The molecule has 0 radical (unpaired) electrons. The molecular weight excluding hydrogens is 791 g/mol. The van der Waals surface area contributed by atoms with Crippen molar-refractivity contribution in [1.29, 1.82) is 0 Å². The second-order valence-corrected chi connectivity index (χ2v) is 17.2. The maximum atomic E-state index is 14.5. The summed E-state index contributed by atoms with van der Waals surface area (Å²) >= 11 is 0. The first-order valence-electron chi connectivity index (χ1n) is 22.1. The third-order valence-corrected chi connectivity index (χ3v) is 13.0. The van der Waals surface area contributed by atoms with Gasteiger partial charge >= 0.3 is 17.9 Å². The van der Waals surface area contributed by atoms with Gasteiger partial charge in [0, 0.05) is 50.8 Å². The molecule has 0 unspecified atom stereocenters. The zero-order chi connectivity index (χ0) is 44.2. The summed E-state index contributed by atoms with van der Waals surface area (Å²) in [5.41, 5.74) is 6.56. The van der Waals surface area contributed by atoms with Crippen molar-refractivity contribution in [3.05, 3.63) is 82.4 Å². The van der Waals surface area contributed by atoms with Crippen LogP contribution in [-0.2, 0) is 51.4 Å². The van der Waals surface area contributed by atoms with Crippen LogP contribution in [0.1, 0.15) is 47.1 Å². The van der Waals surface area contributed by atoms with E-state index in [9.17, 15) is 34.5 Å². The highest BCUT2D eigenvalue weighted by Gasteiger charge is 2.33. The number of ether oxygens (including phenoxy) is 1. The summed E-state index contributed by atoms with van der Waals surface area (Å²) in [6.07, 6.45) is 3.56. The zero-order valence-electron chi connectivity index (χ0n) is 36.3. The first kappa shape index (κ1) is 46.1. The maximum Gasteiger partial charge on any atom is 0.307 e. The Hall–Kier alpha value is -5.38. The van der Waals surface area contributed by atoms with Crippen molar-refractivity contribution in [2.75, 3.05) is 89.5 Å². The molecule has 3 fully saturated rings. The molecule has 0 saturated carbocycles. The van der Waals surface area contributed by atoms with Crippen LogP contribution < -0.4 is 36.6 Å². The Balaban J connectivity index is 1.25. The predicted molar refractivity (Wildman–Crippen MR) is 240 cm³/mol. The fourth-order valence-corrected chi connectivity index (χ4v) is 9.51. The van der Waals surface area contributed by atoms with Crippen LogP contribution in [0.5, 0.6) is 5.75 Å². The van der Waals surface area contributed by atoms with Crippen molar-refractivity contribution in [2.24, 2.45) is 35.5 Å². The van der Waals surface area contributed by atoms with E-state index in [0.717, 1.165) is 83.8 Å². The second kappa shape index (κ2) is 22.1. The summed E-state index contributed by atoms with van der Waals surface area (Å²) in [6.45, 7) is 5.02. The molecule has 15 nitrogen and oxygen atoms in total. The van der Waals surface area contributed by atoms with Crippen LogP contribution in [0, 0.1) is 35.5 Å². The van der Waals surface area contributed by atoms with Gasteiger partial charge in [0.2, 0.25) is 5.91 Å². The molecule has 0 bridgehead atoms. The molecule has 0 aromatic heterocycles. The molecule has 15 heteroatoms. The standard InChI is InChI=1S/C47H65N7O8/c1-48-37-14-29(20-41(45(56)57)34-4-7-51-25-34)12-31(16-37)23-44(55)54(28-33-13-30(15-38(18-33)49-2)21-42(46(58)59)35-5-8-52-26-35)10-11-62-40-19-32(17-39(24-40)50-3)22-43(47(60)61)36-6-9-53-27-36/h12-19,24,34-36,41-43,48-53H,4-11,20-23,25-28H2,1-3H3,(H,56,57)(H,58,59)(H,60,61)/t34-,35-,36-,41-,42-,43-/m0/s1. The number of carbonyl (C=O) groups is 4. The number of anilines is 3. The minimum Gasteiger partial charge on any atom is -0.492 e. The number of hydrogen-bond donors (Lipinski definition) is 9. The van der Waals surface area contributed by atoms with Gasteiger partial charge < -0.3 is 56.9 Å². The Kier molecular flexibility index (Phi) is 16.5. The van der Waals surface area contributed by atoms with Crippen molar-refractivity contribution in [3.8, 4) is 5.75 Å². The monoisotopic (exact) mass is 855 g/mol. The fourth-order valence-electron chi connectivity index (χ4n) is 9.51. The van der Waals surface area contributed by atoms with E-state index in [1.54, 1.807) is 19.0 Å². The summed E-state index contributed by atoms with van der Waals surface area (Å²) < 4.78 is 6.35. The van der Waals surface area contributed by atoms with Gasteiger partial charge in [0.05, 0.1) is 30.7 Å². The van der Waals surface area contributed by atoms with Gasteiger partial charge in [0.25, 0.3) is 0 Å². The average Bonchev–Trinajstić information content (AvgIpc) is 4.09. The minimum absolute atomic E-state index is 0.0262. The Morgan fingerprint density at radius 2 is 1.00 bits per heavy atom. The maximum absolute atomic E-state index is 14.5. The van der Waals surface area contributed by atoms with Gasteiger partial charge in [0.1, 0.15) is 12.4 Å². The number of carbonyl (C=O) groups excluding carboxylic acids is 1. The molecule has 3 saturated heterocycles. The normalized spacial score (nSPS) is 20.0. The molecular formula is C47H65N7O8. The predicted octanol–water partition coefficient (Wildman–Crippen LogP) is 4.02. The number of nitrogens with one attached hydrogen (secondary N) is 6. The number of carboxylic acids is 3. The summed E-state index contributed by atoms with van der Waals surface area (Å²) in [6, 6.07) is 17.4. The lowest BCUT2D eigenvalue weighted by Gasteiger charge is -2.25. The molecule has 3 aliphatic rings. The lowest BCUT2D eigenvalue weighted by molar-refractivity contribution is -0.144. The molecule has 6 rings (SSSR count). The SMILES string of the molecule is CNc1cc(CC(=O)N(CCOc2cc(C[C@H](C(=O)O)[C@H]3CCNC3)cc(NC)c2)Cc2cc(C[C@H](C(=O)O)[C@H]3CCNC3)cc(NC)c2)cc(C[C@H](C(=O)O)[C@H]2CCNC2)c1. The van der Waals surface area contributed by atoms with Crippen LogP contribution in [0.25, 0.3) is 0 Å². The summed E-state index contributed by atoms with van der Waals surface area (Å²) in [4.78, 5) is 53.5. The van der Waals surface area contributed by atoms with Crippen molar-refractivity contribution < 1.29 is 39.2 Å². The van der Waals surface area contributed by atoms with E-state index < -0.39 is 35.7 Å². The molecule has 1 amide bonds. The van der Waals surface area contributed by atoms with Gasteiger partial charge in [0.15, 0.2) is 0 Å². The molecule has 0 spiro atoms. The van der Waals surface area contributed by atoms with Crippen LogP contribution in [0.3, 0.4) is 0 Å². The van der Waals surface area contributed by atoms with E-state index >= 15 is 0 Å². The Morgan fingerprint density at radius 1 is 0.597 bits per heavy atom. The van der Waals surface area contributed by atoms with Gasteiger partial charge in [-0.05, 0) is 160 Å². The molecule has 3 aromatic rings. The molecule has 3 aliphatic heterocycles. The highest BCUT2D eigenvalue weighted by Crippen LogP contribution is 2.30. The second-order valence-electron chi connectivity index (χ2n) is 17.2. The van der Waals surface area contributed by atoms with Crippen LogP contribution in [-0.4, -0.2) is 118 Å². The first-order valence-corrected chi connectivity index (χ1v) is 22.1. The Morgan fingerprint density at radius 3 is 1.42 bits per heavy atom. The fraction of sp³-hybridized carbons (Fsp3) is 0.532. The Bertz CT molecular complexity index is 2010. The van der Waals surface area contributed by atoms with Crippen molar-refractivity contribution in [3.63, 3.8) is 0 Å². The highest BCUT2D eigenvalue weighted by molar-refractivity contribution is 5.79. The molecule has 9 N–H and O–H groups in total. The molecule has 3 heterocycles. The number of hydrogen-bond acceptors (Lipinski definition) is 11. The first-order chi connectivity index (χ1) is 29.9. The number of benzene rings is 3. The van der Waals surface area contributed by atoms with Gasteiger partial charge in [-0.3, -0.25) is 19.2 Å². The quantitative estimate of drug-likeness (QED) is 0.0660. The van der Waals surface area contributed by atoms with Gasteiger partial charge in [-0.1, -0.05) is 12.1 Å². The lowest BCUT2D eigenvalue weighted by Crippen LogP contribution is -2.35. The smallest absolute Gasteiger partial charge is 0.307 e. The third-order valence-electron chi connectivity index (χ3n) is 13.0. The zero-order valence-corrected chi connectivity index (χ0v) is 36.3. The van der Waals surface area contributed by atoms with Crippen molar-refractivity contribution in [1.82, 2.24) is 20.9 Å². The number of rotatable bonds is 23. The third kappa shape index (κ3) is 12.6. The summed E-state index contributed by atoms with van der Waals surface area (Å²) in [5, 5.41) is 49.9. The van der Waals surface area contributed by atoms with Gasteiger partial charge in [-0.2, -0.15) is 0 Å². The number of aliphatic carboxylic acids is 3. The molecule has 62 heavy (non-hydrogen) atoms. The van der Waals surface area contributed by atoms with Crippen LogP contribution in [0.4, 0.5) is 17.1 Å². The highest BCUT2D eigenvalue weighted by atomic mass is 16.5. The average molecular weight is 856 g/mol. The van der Waals surface area contributed by atoms with E-state index in [4.69, 9.17) is 4.74 Å². The van der Waals surface area contributed by atoms with E-state index in [1.165, 1.54) is 0 Å². The topological polar surface area (TPSA) is 214 Å². The summed E-state index contributed by atoms with van der Waals surface area (Å²) in [7, 11) is 5.42. The van der Waals surface area contributed by atoms with Crippen molar-refractivity contribution >= 4 is 40.9 Å². The van der Waals surface area contributed by atoms with Crippen LogP contribution in [0.2, 0.25) is 0 Å². The number of amides is 1. The number of nitrogens with zero attached hydrogens (tertiary/aromatic N) is 1. The van der Waals surface area contributed by atoms with Crippen molar-refractivity contribution in [2.45, 2.75) is 51.5 Å². The van der Waals surface area contributed by atoms with E-state index in [2.05, 4.69) is 31.9 Å². The lowest BCUT2D eigenvalue weighted by atomic mass is 9.85. The Labute approximate surface area is 364 Å². The summed E-state index contributed by atoms with van der Waals surface area (Å²) in [5.74, 6) is -3.59. The van der Waals surface area contributed by atoms with Gasteiger partial charge in [-0.15, -0.1) is 0 Å². The minimum atomic E-state index is -0.824. The van der Waals surface area contributed by atoms with Crippen LogP contribution in [0.15, 0.2) is 54.6 Å². The molecule has 3 aromatic carbocycles. The van der Waals surface area contributed by atoms with Crippen LogP contribution >= 0.6 is 0 Å². The molecule has 0 aliphatic carbocycles. The van der Waals surface area contributed by atoms with E-state index in [-0.39, 0.29) is 49.8 Å². The largest absolute Gasteiger partial charge is 0.492 e. The number of carboxylic acid groups (broad SMARTS) is 3. The van der Waals surface area contributed by atoms with Gasteiger partial charge in [-0.25, -0.2) is 0 Å².